The fourth-order valence-electron chi connectivity index (χ4n) is 3.48. The van der Waals surface area contributed by atoms with Crippen LogP contribution in [0.2, 0.25) is 0 Å². The minimum Gasteiger partial charge on any atom is -0.486 e. The van der Waals surface area contributed by atoms with Crippen molar-refractivity contribution in [1.82, 2.24) is 15.0 Å². The largest absolute Gasteiger partial charge is 0.486 e. The summed E-state index contributed by atoms with van der Waals surface area (Å²) in [5.41, 5.74) is 5.63. The number of hydrogen-bond acceptors (Lipinski definition) is 4. The van der Waals surface area contributed by atoms with E-state index in [1.165, 1.54) is 11.6 Å². The SMILES string of the molecule is Cc1ccc(-c2[c-]cccc2)nc1.Fc1ccc2c(n1)oc1c(-c3ccccn3)[c-]ccc12.[Ir]. The van der Waals surface area contributed by atoms with E-state index in [-0.39, 0.29) is 25.8 Å². The number of aromatic nitrogens is 3. The molecule has 4 heterocycles. The van der Waals surface area contributed by atoms with Crippen molar-refractivity contribution < 1.29 is 28.9 Å². The Morgan fingerprint density at radius 2 is 1.68 bits per heavy atom. The Bertz CT molecular complexity index is 1520. The number of aryl methyl sites for hydroxylation is 1. The van der Waals surface area contributed by atoms with Crippen molar-refractivity contribution in [2.45, 2.75) is 6.92 Å². The van der Waals surface area contributed by atoms with E-state index in [4.69, 9.17) is 4.42 Å². The van der Waals surface area contributed by atoms with E-state index in [9.17, 15) is 4.39 Å². The minimum absolute atomic E-state index is 0. The molecule has 0 saturated carbocycles. The normalized spacial score (nSPS) is 10.4. The van der Waals surface area contributed by atoms with Gasteiger partial charge < -0.3 is 14.4 Å². The van der Waals surface area contributed by atoms with Gasteiger partial charge in [-0.1, -0.05) is 35.2 Å². The summed E-state index contributed by atoms with van der Waals surface area (Å²) in [6.07, 6.45) is 3.58. The number of pyridine rings is 3. The Labute approximate surface area is 209 Å². The predicted molar refractivity (Wildman–Crippen MR) is 127 cm³/mol. The average molecular weight is 624 g/mol. The molecule has 0 amide bonds. The van der Waals surface area contributed by atoms with Crippen molar-refractivity contribution in [1.29, 1.82) is 0 Å². The van der Waals surface area contributed by atoms with Gasteiger partial charge in [0.1, 0.15) is 0 Å². The quantitative estimate of drug-likeness (QED) is 0.157. The molecule has 0 saturated heterocycles. The number of hydrogen-bond donors (Lipinski definition) is 0. The van der Waals surface area contributed by atoms with E-state index in [1.807, 2.05) is 73.8 Å². The molecule has 4 aromatic heterocycles. The molecule has 0 atom stereocenters. The molecule has 6 aromatic rings. The smallest absolute Gasteiger partial charge is 0.218 e. The monoisotopic (exact) mass is 624 g/mol. The molecule has 169 valence electrons. The Morgan fingerprint density at radius 1 is 0.794 bits per heavy atom. The number of nitrogens with zero attached hydrogens (tertiary/aromatic N) is 3. The van der Waals surface area contributed by atoms with E-state index in [0.29, 0.717) is 5.58 Å². The molecule has 0 aliphatic rings. The summed E-state index contributed by atoms with van der Waals surface area (Å²) in [5, 5.41) is 1.67. The molecule has 4 nitrogen and oxygen atoms in total. The van der Waals surface area contributed by atoms with Gasteiger partial charge in [-0.2, -0.15) is 9.37 Å². The minimum atomic E-state index is -0.556. The number of rotatable bonds is 2. The molecule has 6 heteroatoms. The predicted octanol–water partition coefficient (Wildman–Crippen LogP) is 6.84. The van der Waals surface area contributed by atoms with Gasteiger partial charge in [-0.15, -0.1) is 54.1 Å². The van der Waals surface area contributed by atoms with E-state index < -0.39 is 5.95 Å². The third-order valence-electron chi connectivity index (χ3n) is 5.08. The van der Waals surface area contributed by atoms with Crippen molar-refractivity contribution in [2.75, 3.05) is 0 Å². The topological polar surface area (TPSA) is 51.8 Å². The van der Waals surface area contributed by atoms with Gasteiger partial charge in [0.05, 0.1) is 5.58 Å². The molecule has 0 aliphatic heterocycles. The average Bonchev–Trinajstić information content (AvgIpc) is 3.23. The van der Waals surface area contributed by atoms with Crippen molar-refractivity contribution in [2.24, 2.45) is 0 Å². The Kier molecular flexibility index (Phi) is 7.21. The summed E-state index contributed by atoms with van der Waals surface area (Å²) >= 11 is 0. The van der Waals surface area contributed by atoms with Crippen molar-refractivity contribution >= 4 is 22.1 Å². The molecular weight excluding hydrogens is 606 g/mol. The standard InChI is InChI=1S/C16H8FN2O.C12H10N.Ir/c17-14-8-7-11-10-4-3-5-12(13-6-1-2-9-18-13)15(10)20-16(11)19-14;1-10-7-8-12(13-9-10)11-5-3-2-4-6-11;/h1-4,6-9H;2-5,7-9H,1H3;/q2*-1;. The maximum absolute atomic E-state index is 13.2. The first-order valence-electron chi connectivity index (χ1n) is 10.4. The van der Waals surface area contributed by atoms with Gasteiger partial charge in [-0.05, 0) is 42.1 Å². The molecule has 0 aliphatic carbocycles. The van der Waals surface area contributed by atoms with E-state index in [1.54, 1.807) is 12.3 Å². The third-order valence-corrected chi connectivity index (χ3v) is 5.08. The molecule has 0 unspecified atom stereocenters. The number of halogens is 1. The molecule has 1 radical (unpaired) electrons. The Balaban J connectivity index is 0.000000171. The second kappa shape index (κ2) is 10.5. The number of benzene rings is 2. The fraction of sp³-hybridized carbons (Fsp3) is 0.0357. The van der Waals surface area contributed by atoms with Gasteiger partial charge in [-0.25, -0.2) is 0 Å². The third kappa shape index (κ3) is 4.93. The van der Waals surface area contributed by atoms with Crippen LogP contribution in [0.15, 0.2) is 95.7 Å². The van der Waals surface area contributed by atoms with Crippen LogP contribution >= 0.6 is 0 Å². The van der Waals surface area contributed by atoms with Crippen LogP contribution in [0.1, 0.15) is 5.56 Å². The molecular formula is C28H18FIrN3O-2. The zero-order valence-corrected chi connectivity index (χ0v) is 20.5. The second-order valence-electron chi connectivity index (χ2n) is 7.40. The van der Waals surface area contributed by atoms with Gasteiger partial charge in [0.25, 0.3) is 0 Å². The summed E-state index contributed by atoms with van der Waals surface area (Å²) < 4.78 is 18.9. The number of fused-ring (bicyclic) bond motifs is 3. The Morgan fingerprint density at radius 3 is 2.41 bits per heavy atom. The van der Waals surface area contributed by atoms with Crippen LogP contribution in [0.25, 0.3) is 44.6 Å². The Hall–Kier alpha value is -3.73. The van der Waals surface area contributed by atoms with Crippen LogP contribution in [0.5, 0.6) is 0 Å². The molecule has 0 N–H and O–H groups in total. The van der Waals surface area contributed by atoms with Crippen molar-refractivity contribution in [3.8, 4) is 22.5 Å². The number of furan rings is 1. The maximum Gasteiger partial charge on any atom is 0.218 e. The van der Waals surface area contributed by atoms with Gasteiger partial charge in [0.2, 0.25) is 11.7 Å². The fourth-order valence-corrected chi connectivity index (χ4v) is 3.48. The molecule has 0 spiro atoms. The van der Waals surface area contributed by atoms with Gasteiger partial charge in [0.15, 0.2) is 0 Å². The maximum atomic E-state index is 13.2. The van der Waals surface area contributed by atoms with E-state index >= 15 is 0 Å². The molecule has 6 rings (SSSR count). The van der Waals surface area contributed by atoms with Gasteiger partial charge in [-0.3, -0.25) is 0 Å². The summed E-state index contributed by atoms with van der Waals surface area (Å²) in [7, 11) is 0. The van der Waals surface area contributed by atoms with Crippen LogP contribution in [-0.4, -0.2) is 15.0 Å². The second-order valence-corrected chi connectivity index (χ2v) is 7.40. The zero-order valence-electron chi connectivity index (χ0n) is 18.1. The van der Waals surface area contributed by atoms with Crippen LogP contribution in [0.3, 0.4) is 0 Å². The van der Waals surface area contributed by atoms with Gasteiger partial charge >= 0.3 is 0 Å². The zero-order chi connectivity index (χ0) is 22.6. The van der Waals surface area contributed by atoms with E-state index in [2.05, 4.69) is 33.2 Å². The molecule has 0 bridgehead atoms. The molecule has 34 heavy (non-hydrogen) atoms. The summed E-state index contributed by atoms with van der Waals surface area (Å²) in [6.45, 7) is 2.03. The van der Waals surface area contributed by atoms with Crippen LogP contribution < -0.4 is 0 Å². The summed E-state index contributed by atoms with van der Waals surface area (Å²) in [5.74, 6) is -0.556. The van der Waals surface area contributed by atoms with E-state index in [0.717, 1.165) is 33.3 Å². The van der Waals surface area contributed by atoms with Crippen LogP contribution in [-0.2, 0) is 20.1 Å². The van der Waals surface area contributed by atoms with Crippen LogP contribution in [0, 0.1) is 25.0 Å². The van der Waals surface area contributed by atoms with Crippen molar-refractivity contribution in [3.05, 3.63) is 115 Å². The molecule has 2 aromatic carbocycles. The first-order chi connectivity index (χ1) is 16.2. The molecule has 0 fully saturated rings. The summed E-state index contributed by atoms with van der Waals surface area (Å²) in [4.78, 5) is 12.4. The summed E-state index contributed by atoms with van der Waals surface area (Å²) in [6, 6.07) is 30.5. The van der Waals surface area contributed by atoms with Gasteiger partial charge in [0, 0.05) is 37.9 Å². The first kappa shape index (κ1) is 23.4. The van der Waals surface area contributed by atoms with Crippen LogP contribution in [0.4, 0.5) is 4.39 Å². The first-order valence-corrected chi connectivity index (χ1v) is 10.4. The van der Waals surface area contributed by atoms with Crippen molar-refractivity contribution in [3.63, 3.8) is 0 Å².